The molecular weight excluding hydrogens is 300 g/mol. The Hall–Kier alpha value is -1.86. The first-order valence-electron chi connectivity index (χ1n) is 7.41. The van der Waals surface area contributed by atoms with Gasteiger partial charge < -0.3 is 9.26 Å². The van der Waals surface area contributed by atoms with Crippen molar-refractivity contribution in [2.75, 3.05) is 6.61 Å². The minimum atomic E-state index is -0.414. The summed E-state index contributed by atoms with van der Waals surface area (Å²) in [6.45, 7) is 2.79. The van der Waals surface area contributed by atoms with Crippen molar-refractivity contribution in [2.24, 2.45) is 0 Å². The lowest BCUT2D eigenvalue weighted by Gasteiger charge is -2.30. The molecule has 0 spiro atoms. The number of hydrogen-bond donors (Lipinski definition) is 0. The molecule has 3 heterocycles. The SMILES string of the molecule is CC1(c2noc(Cc3ccc4nsnc4c3)n2)CCCCO1. The maximum absolute atomic E-state index is 5.86. The largest absolute Gasteiger partial charge is 0.367 e. The number of rotatable bonds is 3. The van der Waals surface area contributed by atoms with Crippen LogP contribution >= 0.6 is 11.7 Å². The molecular formula is C15H16N4O2S. The van der Waals surface area contributed by atoms with Gasteiger partial charge in [0.05, 0.1) is 18.1 Å². The molecule has 22 heavy (non-hydrogen) atoms. The Morgan fingerprint density at radius 3 is 3.00 bits per heavy atom. The lowest BCUT2D eigenvalue weighted by Crippen LogP contribution is -2.31. The molecule has 0 bridgehead atoms. The zero-order chi connectivity index (χ0) is 15.0. The third kappa shape index (κ3) is 2.50. The average molecular weight is 316 g/mol. The highest BCUT2D eigenvalue weighted by Gasteiger charge is 2.34. The van der Waals surface area contributed by atoms with E-state index in [0.29, 0.717) is 18.1 Å². The first-order chi connectivity index (χ1) is 10.7. The van der Waals surface area contributed by atoms with E-state index in [1.54, 1.807) is 0 Å². The normalized spacial score (nSPS) is 22.2. The molecule has 114 valence electrons. The highest BCUT2D eigenvalue weighted by molar-refractivity contribution is 7.00. The Bertz CT molecular complexity index is 792. The van der Waals surface area contributed by atoms with Crippen LogP contribution in [0.5, 0.6) is 0 Å². The minimum absolute atomic E-state index is 0.414. The maximum Gasteiger partial charge on any atom is 0.231 e. The molecule has 6 nitrogen and oxygen atoms in total. The third-order valence-corrected chi connectivity index (χ3v) is 4.64. The summed E-state index contributed by atoms with van der Waals surface area (Å²) in [5.41, 5.74) is 2.50. The minimum Gasteiger partial charge on any atom is -0.367 e. The van der Waals surface area contributed by atoms with Gasteiger partial charge in [-0.3, -0.25) is 0 Å². The van der Waals surface area contributed by atoms with Crippen LogP contribution in [-0.4, -0.2) is 25.5 Å². The van der Waals surface area contributed by atoms with Gasteiger partial charge in [-0.25, -0.2) is 0 Å². The van der Waals surface area contributed by atoms with Crippen molar-refractivity contribution in [3.8, 4) is 0 Å². The molecule has 1 aliphatic rings. The van der Waals surface area contributed by atoms with Crippen molar-refractivity contribution in [2.45, 2.75) is 38.2 Å². The predicted molar refractivity (Wildman–Crippen MR) is 81.7 cm³/mol. The van der Waals surface area contributed by atoms with Crippen LogP contribution in [0.3, 0.4) is 0 Å². The van der Waals surface area contributed by atoms with Gasteiger partial charge in [-0.1, -0.05) is 11.2 Å². The molecule has 0 radical (unpaired) electrons. The Morgan fingerprint density at radius 1 is 1.23 bits per heavy atom. The molecule has 0 aliphatic carbocycles. The van der Waals surface area contributed by atoms with Crippen LogP contribution in [0.4, 0.5) is 0 Å². The molecule has 1 aromatic carbocycles. The molecule has 0 saturated carbocycles. The highest BCUT2D eigenvalue weighted by Crippen LogP contribution is 2.32. The van der Waals surface area contributed by atoms with Crippen molar-refractivity contribution in [3.63, 3.8) is 0 Å². The molecule has 1 atom stereocenters. The Balaban J connectivity index is 1.56. The second-order valence-electron chi connectivity index (χ2n) is 5.81. The molecule has 1 aliphatic heterocycles. The molecule has 1 saturated heterocycles. The number of fused-ring (bicyclic) bond motifs is 1. The van der Waals surface area contributed by atoms with Crippen LogP contribution in [0, 0.1) is 0 Å². The van der Waals surface area contributed by atoms with Crippen molar-refractivity contribution >= 4 is 22.8 Å². The standard InChI is InChI=1S/C15H16N4O2S/c1-15(6-2-3-7-20-15)14-16-13(21-17-14)9-10-4-5-11-12(8-10)19-22-18-11/h4-5,8H,2-3,6-7,9H2,1H3. The molecule has 4 rings (SSSR count). The van der Waals surface area contributed by atoms with E-state index in [1.165, 1.54) is 11.7 Å². The Kier molecular flexibility index (Phi) is 3.38. The lowest BCUT2D eigenvalue weighted by atomic mass is 9.95. The fourth-order valence-electron chi connectivity index (χ4n) is 2.76. The Labute approximate surface area is 131 Å². The van der Waals surface area contributed by atoms with Gasteiger partial charge in [0.1, 0.15) is 16.6 Å². The third-order valence-electron chi connectivity index (χ3n) is 4.08. The van der Waals surface area contributed by atoms with Gasteiger partial charge >= 0.3 is 0 Å². The fraction of sp³-hybridized carbons (Fsp3) is 0.467. The van der Waals surface area contributed by atoms with Crippen LogP contribution in [0.1, 0.15) is 43.5 Å². The molecule has 0 N–H and O–H groups in total. The summed E-state index contributed by atoms with van der Waals surface area (Å²) in [4.78, 5) is 4.53. The van der Waals surface area contributed by atoms with E-state index in [0.717, 1.165) is 42.5 Å². The van der Waals surface area contributed by atoms with Gasteiger partial charge in [-0.2, -0.15) is 13.7 Å². The van der Waals surface area contributed by atoms with Crippen molar-refractivity contribution in [1.82, 2.24) is 18.9 Å². The second kappa shape index (κ2) is 5.40. The summed E-state index contributed by atoms with van der Waals surface area (Å²) in [7, 11) is 0. The smallest absolute Gasteiger partial charge is 0.231 e. The molecule has 3 aromatic rings. The summed E-state index contributed by atoms with van der Waals surface area (Å²) < 4.78 is 19.7. The van der Waals surface area contributed by atoms with E-state index in [-0.39, 0.29) is 0 Å². The fourth-order valence-corrected chi connectivity index (χ4v) is 3.28. The van der Waals surface area contributed by atoms with Gasteiger partial charge in [0.15, 0.2) is 0 Å². The van der Waals surface area contributed by atoms with Gasteiger partial charge in [0, 0.05) is 6.61 Å². The first-order valence-corrected chi connectivity index (χ1v) is 8.14. The number of hydrogen-bond acceptors (Lipinski definition) is 7. The second-order valence-corrected chi connectivity index (χ2v) is 6.34. The number of aromatic nitrogens is 4. The quantitative estimate of drug-likeness (QED) is 0.739. The van der Waals surface area contributed by atoms with E-state index in [1.807, 2.05) is 25.1 Å². The number of ether oxygens (including phenoxy) is 1. The molecule has 1 unspecified atom stereocenters. The van der Waals surface area contributed by atoms with E-state index in [4.69, 9.17) is 9.26 Å². The van der Waals surface area contributed by atoms with Gasteiger partial charge in [0.25, 0.3) is 0 Å². The highest BCUT2D eigenvalue weighted by atomic mass is 32.1. The van der Waals surface area contributed by atoms with Crippen LogP contribution in [0.15, 0.2) is 22.7 Å². The maximum atomic E-state index is 5.86. The van der Waals surface area contributed by atoms with E-state index < -0.39 is 5.60 Å². The monoisotopic (exact) mass is 316 g/mol. The zero-order valence-electron chi connectivity index (χ0n) is 12.3. The Morgan fingerprint density at radius 2 is 2.14 bits per heavy atom. The number of nitrogens with zero attached hydrogens (tertiary/aromatic N) is 4. The van der Waals surface area contributed by atoms with Gasteiger partial charge in [-0.05, 0) is 43.9 Å². The summed E-state index contributed by atoms with van der Waals surface area (Å²) in [5.74, 6) is 1.26. The van der Waals surface area contributed by atoms with Crippen molar-refractivity contribution in [3.05, 3.63) is 35.5 Å². The van der Waals surface area contributed by atoms with Gasteiger partial charge in [-0.15, -0.1) is 0 Å². The van der Waals surface area contributed by atoms with Crippen LogP contribution in [-0.2, 0) is 16.8 Å². The molecule has 0 amide bonds. The predicted octanol–water partition coefficient (Wildman–Crippen LogP) is 3.08. The topological polar surface area (TPSA) is 73.9 Å². The van der Waals surface area contributed by atoms with Crippen molar-refractivity contribution in [1.29, 1.82) is 0 Å². The van der Waals surface area contributed by atoms with Gasteiger partial charge in [0.2, 0.25) is 11.7 Å². The summed E-state index contributed by atoms with van der Waals surface area (Å²) >= 11 is 1.22. The lowest BCUT2D eigenvalue weighted by molar-refractivity contribution is -0.0770. The molecule has 2 aromatic heterocycles. The van der Waals surface area contributed by atoms with Crippen LogP contribution in [0.25, 0.3) is 11.0 Å². The average Bonchev–Trinajstić information content (AvgIpc) is 3.17. The summed E-state index contributed by atoms with van der Waals surface area (Å²) in [6.07, 6.45) is 3.76. The van der Waals surface area contributed by atoms with E-state index >= 15 is 0 Å². The van der Waals surface area contributed by atoms with Crippen LogP contribution < -0.4 is 0 Å². The zero-order valence-corrected chi connectivity index (χ0v) is 13.1. The van der Waals surface area contributed by atoms with E-state index in [9.17, 15) is 0 Å². The molecule has 1 fully saturated rings. The van der Waals surface area contributed by atoms with Crippen molar-refractivity contribution < 1.29 is 9.26 Å². The first kappa shape index (κ1) is 13.8. The summed E-state index contributed by atoms with van der Waals surface area (Å²) in [6, 6.07) is 6.00. The van der Waals surface area contributed by atoms with E-state index in [2.05, 4.69) is 18.9 Å². The number of benzene rings is 1. The molecule has 7 heteroatoms. The van der Waals surface area contributed by atoms with Crippen LogP contribution in [0.2, 0.25) is 0 Å². The summed E-state index contributed by atoms with van der Waals surface area (Å²) in [5, 5.41) is 4.12.